The Labute approximate surface area is 151 Å². The van der Waals surface area contributed by atoms with E-state index in [1.807, 2.05) is 35.3 Å². The van der Waals surface area contributed by atoms with Gasteiger partial charge in [0.25, 0.3) is 0 Å². The molecule has 0 spiro atoms. The third-order valence-corrected chi connectivity index (χ3v) is 4.23. The summed E-state index contributed by atoms with van der Waals surface area (Å²) >= 11 is 0. The second-order valence-corrected chi connectivity index (χ2v) is 5.67. The van der Waals surface area contributed by atoms with Crippen LogP contribution < -0.4 is 5.43 Å². The lowest BCUT2D eigenvalue weighted by Gasteiger charge is -2.37. The number of hydrogen-bond donors (Lipinski definition) is 2. The Morgan fingerprint density at radius 3 is 2.36 bits per heavy atom. The highest BCUT2D eigenvalue weighted by molar-refractivity contribution is 5.85. The third-order valence-electron chi connectivity index (χ3n) is 4.23. The van der Waals surface area contributed by atoms with Gasteiger partial charge in [-0.05, 0) is 17.5 Å². The maximum absolute atomic E-state index is 7.11. The van der Waals surface area contributed by atoms with Crippen LogP contribution in [0.15, 0.2) is 59.1 Å². The Morgan fingerprint density at radius 2 is 1.72 bits per heavy atom. The van der Waals surface area contributed by atoms with E-state index < -0.39 is 0 Å². The van der Waals surface area contributed by atoms with Crippen LogP contribution in [-0.2, 0) is 0 Å². The van der Waals surface area contributed by atoms with Crippen molar-refractivity contribution in [2.24, 2.45) is 0 Å². The maximum Gasteiger partial charge on any atom is 0.246 e. The Kier molecular flexibility index (Phi) is 5.11. The summed E-state index contributed by atoms with van der Waals surface area (Å²) in [5, 5.41) is 13.1. The molecule has 1 aromatic heterocycles. The number of halogens is 1. The molecule has 1 atom stereocenters. The first-order valence-electron chi connectivity index (χ1n) is 7.86. The summed E-state index contributed by atoms with van der Waals surface area (Å²) in [5.41, 5.74) is 6.12. The van der Waals surface area contributed by atoms with Gasteiger partial charge in [0.1, 0.15) is 6.04 Å². The average molecular weight is 356 g/mol. The van der Waals surface area contributed by atoms with Gasteiger partial charge < -0.3 is 9.95 Å². The Balaban J connectivity index is 0.00000182. The van der Waals surface area contributed by atoms with E-state index in [2.05, 4.69) is 39.8 Å². The fourth-order valence-electron chi connectivity index (χ4n) is 2.81. The lowest BCUT2D eigenvalue weighted by Crippen LogP contribution is -2.49. The number of hydrogen-bond acceptors (Lipinski definition) is 5. The van der Waals surface area contributed by atoms with Crippen LogP contribution in [0.2, 0.25) is 0 Å². The molecule has 1 fully saturated rings. The van der Waals surface area contributed by atoms with Crippen molar-refractivity contribution >= 4 is 18.7 Å². The molecule has 25 heavy (non-hydrogen) atoms. The monoisotopic (exact) mass is 355 g/mol. The van der Waals surface area contributed by atoms with Crippen molar-refractivity contribution in [3.63, 3.8) is 0 Å². The average Bonchev–Trinajstić information content (AvgIpc) is 3.09. The summed E-state index contributed by atoms with van der Waals surface area (Å²) in [4.78, 5) is 4.50. The van der Waals surface area contributed by atoms with Crippen LogP contribution in [0.25, 0.3) is 22.5 Å². The van der Waals surface area contributed by atoms with E-state index >= 15 is 0 Å². The molecule has 128 valence electrons. The van der Waals surface area contributed by atoms with Crippen molar-refractivity contribution in [1.82, 2.24) is 20.6 Å². The molecule has 0 amide bonds. The minimum Gasteiger partial charge on any atom is -0.337 e. The highest BCUT2D eigenvalue weighted by Crippen LogP contribution is 2.31. The molecule has 2 aromatic carbocycles. The van der Waals surface area contributed by atoms with Crippen LogP contribution in [0.5, 0.6) is 0 Å². The molecule has 1 saturated heterocycles. The first kappa shape index (κ1) is 17.1. The molecule has 0 bridgehead atoms. The normalized spacial score (nSPS) is 16.6. The zero-order valence-corrected chi connectivity index (χ0v) is 14.2. The summed E-state index contributed by atoms with van der Waals surface area (Å²) in [6, 6.07) is 18.4. The maximum atomic E-state index is 7.11. The number of rotatable bonds is 5. The molecule has 1 aliphatic rings. The first-order valence-corrected chi connectivity index (χ1v) is 7.86. The molecule has 0 aliphatic carbocycles. The second-order valence-electron chi connectivity index (χ2n) is 5.67. The van der Waals surface area contributed by atoms with Gasteiger partial charge in [-0.2, -0.15) is 4.98 Å². The number of aromatic nitrogens is 2. The van der Waals surface area contributed by atoms with E-state index in [0.717, 1.165) is 30.4 Å². The zero-order chi connectivity index (χ0) is 16.4. The van der Waals surface area contributed by atoms with Gasteiger partial charge in [-0.3, -0.25) is 5.41 Å². The van der Waals surface area contributed by atoms with Crippen molar-refractivity contribution in [3.05, 3.63) is 60.5 Å². The minimum absolute atomic E-state index is 0. The Bertz CT molecular complexity index is 834. The molecule has 0 unspecified atom stereocenters. The van der Waals surface area contributed by atoms with Crippen LogP contribution in [0.1, 0.15) is 18.4 Å². The van der Waals surface area contributed by atoms with Crippen molar-refractivity contribution in [2.75, 3.05) is 6.54 Å². The van der Waals surface area contributed by atoms with Crippen molar-refractivity contribution in [3.8, 4) is 22.5 Å². The SMILES string of the molecule is Cl.N=CNN1CC[C@H]1c1nc(-c2ccc(-c3ccccc3)cc2)no1. The number of nitrogens with one attached hydrogen (secondary N) is 2. The van der Waals surface area contributed by atoms with E-state index in [1.54, 1.807) is 0 Å². The summed E-state index contributed by atoms with van der Waals surface area (Å²) in [6.07, 6.45) is 2.10. The molecule has 0 saturated carbocycles. The fourth-order valence-corrected chi connectivity index (χ4v) is 2.81. The summed E-state index contributed by atoms with van der Waals surface area (Å²) in [5.74, 6) is 1.17. The third kappa shape index (κ3) is 3.40. The molecule has 2 heterocycles. The lowest BCUT2D eigenvalue weighted by atomic mass is 10.0. The molecule has 3 aromatic rings. The molecule has 1 aliphatic heterocycles. The predicted molar refractivity (Wildman–Crippen MR) is 98.4 cm³/mol. The van der Waals surface area contributed by atoms with Crippen LogP contribution in [0, 0.1) is 5.41 Å². The van der Waals surface area contributed by atoms with E-state index in [9.17, 15) is 0 Å². The van der Waals surface area contributed by atoms with Gasteiger partial charge in [-0.25, -0.2) is 5.01 Å². The topological polar surface area (TPSA) is 78.0 Å². The Hall–Kier alpha value is -2.70. The van der Waals surface area contributed by atoms with Gasteiger partial charge in [-0.15, -0.1) is 12.4 Å². The first-order chi connectivity index (χ1) is 11.8. The van der Waals surface area contributed by atoms with Crippen LogP contribution in [0.3, 0.4) is 0 Å². The quantitative estimate of drug-likeness (QED) is 0.539. The minimum atomic E-state index is 0. The van der Waals surface area contributed by atoms with E-state index in [-0.39, 0.29) is 18.4 Å². The molecule has 4 rings (SSSR count). The van der Waals surface area contributed by atoms with Crippen LogP contribution in [-0.4, -0.2) is 28.0 Å². The smallest absolute Gasteiger partial charge is 0.246 e. The van der Waals surface area contributed by atoms with E-state index in [4.69, 9.17) is 9.93 Å². The van der Waals surface area contributed by atoms with Gasteiger partial charge in [-0.1, -0.05) is 59.8 Å². The van der Waals surface area contributed by atoms with Gasteiger partial charge in [0.15, 0.2) is 0 Å². The van der Waals surface area contributed by atoms with Crippen molar-refractivity contribution < 1.29 is 4.52 Å². The van der Waals surface area contributed by atoms with Gasteiger partial charge in [0.2, 0.25) is 11.7 Å². The zero-order valence-electron chi connectivity index (χ0n) is 13.4. The molecule has 6 nitrogen and oxygen atoms in total. The van der Waals surface area contributed by atoms with E-state index in [0.29, 0.717) is 11.7 Å². The molecular formula is C18H18ClN5O. The molecule has 2 N–H and O–H groups in total. The summed E-state index contributed by atoms with van der Waals surface area (Å²) in [7, 11) is 0. The predicted octanol–water partition coefficient (Wildman–Crippen LogP) is 3.68. The fraction of sp³-hybridized carbons (Fsp3) is 0.167. The number of nitrogens with zero attached hydrogens (tertiary/aromatic N) is 3. The number of benzene rings is 2. The van der Waals surface area contributed by atoms with Crippen LogP contribution >= 0.6 is 12.4 Å². The van der Waals surface area contributed by atoms with Crippen molar-refractivity contribution in [1.29, 1.82) is 5.41 Å². The highest BCUT2D eigenvalue weighted by atomic mass is 35.5. The van der Waals surface area contributed by atoms with Gasteiger partial charge in [0.05, 0.1) is 6.34 Å². The van der Waals surface area contributed by atoms with Crippen molar-refractivity contribution in [2.45, 2.75) is 12.5 Å². The lowest BCUT2D eigenvalue weighted by molar-refractivity contribution is 0.0378. The second kappa shape index (κ2) is 7.46. The summed E-state index contributed by atoms with van der Waals surface area (Å²) < 4.78 is 5.40. The standard InChI is InChI=1S/C18H17N5O.ClH/c19-12-20-23-11-10-16(23)18-21-17(22-24-18)15-8-6-14(7-9-15)13-4-2-1-3-5-13;/h1-9,12,16H,10-11H2,(H2,19,20);1H/t16-;/m0./s1. The summed E-state index contributed by atoms with van der Waals surface area (Å²) in [6.45, 7) is 0.865. The van der Waals surface area contributed by atoms with E-state index in [1.165, 1.54) is 5.56 Å². The number of hydrazine groups is 1. The largest absolute Gasteiger partial charge is 0.337 e. The Morgan fingerprint density at radius 1 is 1.04 bits per heavy atom. The molecular weight excluding hydrogens is 338 g/mol. The molecule has 0 radical (unpaired) electrons. The van der Waals surface area contributed by atoms with Gasteiger partial charge in [0, 0.05) is 12.1 Å². The highest BCUT2D eigenvalue weighted by Gasteiger charge is 2.33. The van der Waals surface area contributed by atoms with Gasteiger partial charge >= 0.3 is 0 Å². The van der Waals surface area contributed by atoms with Crippen LogP contribution in [0.4, 0.5) is 0 Å². The molecule has 7 heteroatoms.